The van der Waals surface area contributed by atoms with E-state index in [9.17, 15) is 14.8 Å². The van der Waals surface area contributed by atoms with Gasteiger partial charge in [0.2, 0.25) is 0 Å². The fourth-order valence-corrected chi connectivity index (χ4v) is 3.21. The molecule has 0 bridgehead atoms. The zero-order valence-corrected chi connectivity index (χ0v) is 13.4. The Kier molecular flexibility index (Phi) is 3.33. The van der Waals surface area contributed by atoms with E-state index in [1.54, 1.807) is 6.07 Å². The van der Waals surface area contributed by atoms with E-state index in [1.165, 1.54) is 12.1 Å². The van der Waals surface area contributed by atoms with Crippen molar-refractivity contribution in [2.75, 3.05) is 0 Å². The summed E-state index contributed by atoms with van der Waals surface area (Å²) in [6.45, 7) is 0. The van der Waals surface area contributed by atoms with Crippen LogP contribution in [0.4, 0.5) is 4.39 Å². The van der Waals surface area contributed by atoms with Gasteiger partial charge in [-0.05, 0) is 30.3 Å². The van der Waals surface area contributed by atoms with Crippen molar-refractivity contribution in [3.05, 3.63) is 72.2 Å². The lowest BCUT2D eigenvalue weighted by atomic mass is 10.1. The minimum absolute atomic E-state index is 0.402. The van der Waals surface area contributed by atoms with Gasteiger partial charge in [-0.2, -0.15) is 5.26 Å². The summed E-state index contributed by atoms with van der Waals surface area (Å²) in [7, 11) is 1.90. The molecule has 0 unspecified atom stereocenters. The zero-order valence-electron chi connectivity index (χ0n) is 13.4. The number of aryl methyl sites for hydroxylation is 1. The van der Waals surface area contributed by atoms with E-state index in [0.29, 0.717) is 16.9 Å². The summed E-state index contributed by atoms with van der Waals surface area (Å²) in [6, 6.07) is 17.9. The second-order valence-corrected chi connectivity index (χ2v) is 5.83. The van der Waals surface area contributed by atoms with Crippen molar-refractivity contribution in [3.8, 4) is 28.9 Å². The first kappa shape index (κ1) is 15.0. The number of rotatable bonds is 2. The molecule has 4 rings (SSSR count). The largest absolute Gasteiger partial charge is 0.505 e. The van der Waals surface area contributed by atoms with Crippen LogP contribution >= 0.6 is 0 Å². The van der Waals surface area contributed by atoms with Gasteiger partial charge in [0.15, 0.2) is 11.6 Å². The van der Waals surface area contributed by atoms with Crippen LogP contribution in [0.3, 0.4) is 0 Å². The molecule has 2 aromatic heterocycles. The Balaban J connectivity index is 2.17. The summed E-state index contributed by atoms with van der Waals surface area (Å²) in [5, 5.41) is 20.1. The monoisotopic (exact) mass is 331 g/mol. The van der Waals surface area contributed by atoms with E-state index in [1.807, 2.05) is 58.8 Å². The van der Waals surface area contributed by atoms with Crippen molar-refractivity contribution in [2.45, 2.75) is 0 Å². The highest BCUT2D eigenvalue weighted by molar-refractivity contribution is 5.95. The smallest absolute Gasteiger partial charge is 0.166 e. The molecule has 2 heterocycles. The van der Waals surface area contributed by atoms with E-state index in [-0.39, 0.29) is 0 Å². The topological polar surface area (TPSA) is 53.9 Å². The molecule has 5 heteroatoms. The first-order valence-electron chi connectivity index (χ1n) is 7.76. The molecule has 0 aliphatic heterocycles. The lowest BCUT2D eigenvalue weighted by Gasteiger charge is -2.12. The first-order chi connectivity index (χ1) is 12.1. The number of phenolic OH excluding ortho intramolecular Hbond substituents is 1. The molecule has 1 N–H and O–H groups in total. The van der Waals surface area contributed by atoms with Gasteiger partial charge in [0.1, 0.15) is 6.07 Å². The van der Waals surface area contributed by atoms with E-state index in [4.69, 9.17) is 0 Å². The van der Waals surface area contributed by atoms with Gasteiger partial charge >= 0.3 is 0 Å². The highest BCUT2D eigenvalue weighted by Crippen LogP contribution is 2.36. The fourth-order valence-electron chi connectivity index (χ4n) is 3.21. The van der Waals surface area contributed by atoms with E-state index >= 15 is 0 Å². The van der Waals surface area contributed by atoms with E-state index in [2.05, 4.69) is 6.07 Å². The number of hydrogen-bond donors (Lipinski definition) is 1. The molecule has 25 heavy (non-hydrogen) atoms. The Morgan fingerprint density at radius 1 is 1.08 bits per heavy atom. The van der Waals surface area contributed by atoms with Crippen molar-refractivity contribution < 1.29 is 9.50 Å². The van der Waals surface area contributed by atoms with Gasteiger partial charge in [0.25, 0.3) is 0 Å². The average molecular weight is 331 g/mol. The molecule has 0 amide bonds. The van der Waals surface area contributed by atoms with Crippen LogP contribution in [0, 0.1) is 17.1 Å². The summed E-state index contributed by atoms with van der Waals surface area (Å²) < 4.78 is 17.7. The van der Waals surface area contributed by atoms with Crippen molar-refractivity contribution in [1.29, 1.82) is 5.26 Å². The predicted octanol–water partition coefficient (Wildman–Crippen LogP) is 4.35. The third-order valence-electron chi connectivity index (χ3n) is 4.36. The number of nitrogens with zero attached hydrogens (tertiary/aromatic N) is 3. The van der Waals surface area contributed by atoms with Gasteiger partial charge in [-0.1, -0.05) is 18.2 Å². The van der Waals surface area contributed by atoms with Crippen LogP contribution < -0.4 is 0 Å². The molecule has 4 nitrogen and oxygen atoms in total. The maximum Gasteiger partial charge on any atom is 0.166 e. The third kappa shape index (κ3) is 2.19. The van der Waals surface area contributed by atoms with Crippen molar-refractivity contribution in [2.24, 2.45) is 7.05 Å². The molecule has 0 aliphatic carbocycles. The predicted molar refractivity (Wildman–Crippen MR) is 94.0 cm³/mol. The second-order valence-electron chi connectivity index (χ2n) is 5.83. The van der Waals surface area contributed by atoms with Gasteiger partial charge in [-0.15, -0.1) is 0 Å². The molecule has 4 aromatic rings. The standard InChI is InChI=1S/C20H14FN3O/c1-23-10-4-7-18(23)20-15(12-22)14-5-2-3-6-17(14)24(20)13-8-9-19(25)16(21)11-13/h2-11,25H,1H3. The van der Waals surface area contributed by atoms with Crippen LogP contribution in [0.2, 0.25) is 0 Å². The Morgan fingerprint density at radius 3 is 2.56 bits per heavy atom. The number of aromatic nitrogens is 2. The van der Waals surface area contributed by atoms with Crippen LogP contribution in [0.5, 0.6) is 5.75 Å². The molecule has 0 aliphatic rings. The second kappa shape index (κ2) is 5.53. The Hall–Kier alpha value is -3.52. The molecular formula is C20H14FN3O. The highest BCUT2D eigenvalue weighted by Gasteiger charge is 2.21. The number of benzene rings is 2. The number of hydrogen-bond acceptors (Lipinski definition) is 2. The van der Waals surface area contributed by atoms with Gasteiger partial charge < -0.3 is 14.2 Å². The van der Waals surface area contributed by atoms with E-state index in [0.717, 1.165) is 16.6 Å². The SMILES string of the molecule is Cn1cccc1-c1c(C#N)c2ccccc2n1-c1ccc(O)c(F)c1. The van der Waals surface area contributed by atoms with Gasteiger partial charge in [-0.3, -0.25) is 0 Å². The molecule has 0 fully saturated rings. The van der Waals surface area contributed by atoms with Crippen molar-refractivity contribution >= 4 is 10.9 Å². The summed E-state index contributed by atoms with van der Waals surface area (Å²) >= 11 is 0. The number of halogens is 1. The van der Waals surface area contributed by atoms with Crippen LogP contribution in [-0.4, -0.2) is 14.2 Å². The number of para-hydroxylation sites is 1. The lowest BCUT2D eigenvalue weighted by Crippen LogP contribution is -2.01. The van der Waals surface area contributed by atoms with Gasteiger partial charge in [0, 0.05) is 30.4 Å². The third-order valence-corrected chi connectivity index (χ3v) is 4.36. The molecule has 0 saturated heterocycles. The lowest BCUT2D eigenvalue weighted by molar-refractivity contribution is 0.432. The number of phenols is 1. The normalized spacial score (nSPS) is 10.9. The molecule has 0 radical (unpaired) electrons. The van der Waals surface area contributed by atoms with Gasteiger partial charge in [-0.25, -0.2) is 4.39 Å². The summed E-state index contributed by atoms with van der Waals surface area (Å²) in [5.41, 5.74) is 3.43. The number of fused-ring (bicyclic) bond motifs is 1. The molecule has 0 spiro atoms. The maximum absolute atomic E-state index is 14.0. The quantitative estimate of drug-likeness (QED) is 0.593. The Bertz CT molecular complexity index is 1150. The summed E-state index contributed by atoms with van der Waals surface area (Å²) in [6.07, 6.45) is 1.90. The number of aromatic hydroxyl groups is 1. The van der Waals surface area contributed by atoms with Crippen LogP contribution in [0.25, 0.3) is 28.0 Å². The fraction of sp³-hybridized carbons (Fsp3) is 0.0500. The molecule has 122 valence electrons. The van der Waals surface area contributed by atoms with Crippen molar-refractivity contribution in [3.63, 3.8) is 0 Å². The summed E-state index contributed by atoms with van der Waals surface area (Å²) in [5.74, 6) is -1.10. The zero-order chi connectivity index (χ0) is 17.6. The Morgan fingerprint density at radius 2 is 1.88 bits per heavy atom. The van der Waals surface area contributed by atoms with E-state index < -0.39 is 11.6 Å². The number of nitriles is 1. The molecular weight excluding hydrogens is 317 g/mol. The van der Waals surface area contributed by atoms with Crippen LogP contribution in [0.15, 0.2) is 60.8 Å². The Labute approximate surface area is 143 Å². The van der Waals surface area contributed by atoms with Crippen molar-refractivity contribution in [1.82, 2.24) is 9.13 Å². The van der Waals surface area contributed by atoms with Gasteiger partial charge in [0.05, 0.1) is 22.5 Å². The first-order valence-corrected chi connectivity index (χ1v) is 7.76. The maximum atomic E-state index is 14.0. The minimum Gasteiger partial charge on any atom is -0.505 e. The highest BCUT2D eigenvalue weighted by atomic mass is 19.1. The molecule has 2 aromatic carbocycles. The molecule has 0 atom stereocenters. The minimum atomic E-state index is -0.702. The molecule has 0 saturated carbocycles. The average Bonchev–Trinajstić information content (AvgIpc) is 3.17. The van der Waals surface area contributed by atoms with Crippen LogP contribution in [-0.2, 0) is 7.05 Å². The van der Waals surface area contributed by atoms with Crippen LogP contribution in [0.1, 0.15) is 5.56 Å². The summed E-state index contributed by atoms with van der Waals surface area (Å²) in [4.78, 5) is 0.